The molecule has 0 bridgehead atoms. The molecular formula is C13H17NO2. The number of hydrogen-bond donors (Lipinski definition) is 1. The molecule has 1 aliphatic rings. The quantitative estimate of drug-likeness (QED) is 0.831. The molecule has 0 aliphatic heterocycles. The monoisotopic (exact) mass is 219 g/mol. The Morgan fingerprint density at radius 3 is 2.56 bits per heavy atom. The predicted octanol–water partition coefficient (Wildman–Crippen LogP) is 3.14. The maximum absolute atomic E-state index is 10.9. The first-order valence-corrected chi connectivity index (χ1v) is 5.89. The fourth-order valence-corrected chi connectivity index (χ4v) is 2.43. The number of pyridine rings is 1. The lowest BCUT2D eigenvalue weighted by Gasteiger charge is -2.21. The summed E-state index contributed by atoms with van der Waals surface area (Å²) < 4.78 is 0. The number of aromatic carboxylic acids is 1. The van der Waals surface area contributed by atoms with Crippen LogP contribution in [-0.2, 0) is 0 Å². The highest BCUT2D eigenvalue weighted by molar-refractivity contribution is 5.88. The van der Waals surface area contributed by atoms with E-state index in [1.165, 1.54) is 32.1 Å². The first kappa shape index (κ1) is 11.1. The minimum absolute atomic E-state index is 0.319. The molecule has 1 aromatic rings. The zero-order chi connectivity index (χ0) is 11.5. The topological polar surface area (TPSA) is 50.2 Å². The van der Waals surface area contributed by atoms with Gasteiger partial charge in [-0.25, -0.2) is 4.79 Å². The fourth-order valence-electron chi connectivity index (χ4n) is 2.43. The van der Waals surface area contributed by atoms with Crippen molar-refractivity contribution >= 4 is 5.97 Å². The van der Waals surface area contributed by atoms with Gasteiger partial charge in [-0.15, -0.1) is 0 Å². The van der Waals surface area contributed by atoms with Gasteiger partial charge in [-0.2, -0.15) is 0 Å². The van der Waals surface area contributed by atoms with Crippen LogP contribution >= 0.6 is 0 Å². The summed E-state index contributed by atoms with van der Waals surface area (Å²) in [5, 5.41) is 8.93. The Kier molecular flexibility index (Phi) is 3.22. The third-order valence-electron chi connectivity index (χ3n) is 3.36. The number of aryl methyl sites for hydroxylation is 1. The molecule has 1 saturated carbocycles. The van der Waals surface area contributed by atoms with E-state index in [9.17, 15) is 4.79 Å². The van der Waals surface area contributed by atoms with Gasteiger partial charge in [0.05, 0.1) is 11.3 Å². The first-order valence-electron chi connectivity index (χ1n) is 5.89. The van der Waals surface area contributed by atoms with Crippen LogP contribution < -0.4 is 0 Å². The molecule has 1 aliphatic carbocycles. The molecule has 0 unspecified atom stereocenters. The number of carbonyl (C=O) groups is 1. The predicted molar refractivity (Wildman–Crippen MR) is 61.8 cm³/mol. The van der Waals surface area contributed by atoms with E-state index < -0.39 is 5.97 Å². The Bertz CT molecular complexity index is 395. The van der Waals surface area contributed by atoms with Gasteiger partial charge in [0.1, 0.15) is 0 Å². The van der Waals surface area contributed by atoms with Gasteiger partial charge in [0.2, 0.25) is 0 Å². The molecule has 2 rings (SSSR count). The molecule has 3 nitrogen and oxygen atoms in total. The van der Waals surface area contributed by atoms with Crippen molar-refractivity contribution in [2.24, 2.45) is 0 Å². The summed E-state index contributed by atoms with van der Waals surface area (Å²) in [4.78, 5) is 15.3. The van der Waals surface area contributed by atoms with E-state index >= 15 is 0 Å². The van der Waals surface area contributed by atoms with Crippen molar-refractivity contribution in [1.29, 1.82) is 0 Å². The van der Waals surface area contributed by atoms with E-state index in [2.05, 4.69) is 4.98 Å². The molecule has 0 saturated heterocycles. The summed E-state index contributed by atoms with van der Waals surface area (Å²) in [5.41, 5.74) is 2.03. The Hall–Kier alpha value is -1.38. The molecule has 1 N–H and O–H groups in total. The number of carboxylic acid groups (broad SMARTS) is 1. The average molecular weight is 219 g/mol. The van der Waals surface area contributed by atoms with Crippen LogP contribution in [-0.4, -0.2) is 16.1 Å². The minimum Gasteiger partial charge on any atom is -0.478 e. The second-order valence-electron chi connectivity index (χ2n) is 4.51. The molecule has 3 heteroatoms. The van der Waals surface area contributed by atoms with Crippen LogP contribution in [0.1, 0.15) is 59.8 Å². The van der Waals surface area contributed by atoms with Gasteiger partial charge in [-0.05, 0) is 31.9 Å². The summed E-state index contributed by atoms with van der Waals surface area (Å²) in [6.45, 7) is 1.77. The standard InChI is InChI=1S/C13H17NO2/c1-9-11(13(15)16)7-8-12(14-9)10-5-3-2-4-6-10/h7-8,10H,2-6H2,1H3,(H,15,16). The molecule has 86 valence electrons. The highest BCUT2D eigenvalue weighted by Crippen LogP contribution is 2.31. The van der Waals surface area contributed by atoms with Crippen LogP contribution in [0, 0.1) is 6.92 Å². The summed E-state index contributed by atoms with van der Waals surface area (Å²) in [6, 6.07) is 3.57. The van der Waals surface area contributed by atoms with E-state index in [4.69, 9.17) is 5.11 Å². The first-order chi connectivity index (χ1) is 7.68. The zero-order valence-corrected chi connectivity index (χ0v) is 9.57. The molecule has 0 spiro atoms. The maximum Gasteiger partial charge on any atom is 0.337 e. The number of nitrogens with zero attached hydrogens (tertiary/aromatic N) is 1. The van der Waals surface area contributed by atoms with Crippen LogP contribution in [0.3, 0.4) is 0 Å². The molecule has 1 heterocycles. The van der Waals surface area contributed by atoms with Gasteiger partial charge >= 0.3 is 5.97 Å². The fraction of sp³-hybridized carbons (Fsp3) is 0.538. The molecule has 1 fully saturated rings. The van der Waals surface area contributed by atoms with Crippen LogP contribution in [0.4, 0.5) is 0 Å². The Morgan fingerprint density at radius 1 is 1.31 bits per heavy atom. The molecule has 1 aromatic heterocycles. The van der Waals surface area contributed by atoms with Gasteiger partial charge in [-0.1, -0.05) is 19.3 Å². The maximum atomic E-state index is 10.9. The van der Waals surface area contributed by atoms with Crippen molar-refractivity contribution in [2.45, 2.75) is 44.9 Å². The minimum atomic E-state index is -0.889. The van der Waals surface area contributed by atoms with E-state index in [1.54, 1.807) is 13.0 Å². The van der Waals surface area contributed by atoms with Crippen LogP contribution in [0.5, 0.6) is 0 Å². The van der Waals surface area contributed by atoms with Crippen LogP contribution in [0.15, 0.2) is 12.1 Å². The third-order valence-corrected chi connectivity index (χ3v) is 3.36. The number of aromatic nitrogens is 1. The highest BCUT2D eigenvalue weighted by atomic mass is 16.4. The lowest BCUT2D eigenvalue weighted by Crippen LogP contribution is -2.09. The Labute approximate surface area is 95.5 Å². The van der Waals surface area contributed by atoms with Crippen LogP contribution in [0.25, 0.3) is 0 Å². The van der Waals surface area contributed by atoms with Crippen molar-refractivity contribution in [3.63, 3.8) is 0 Å². The van der Waals surface area contributed by atoms with E-state index in [1.807, 2.05) is 6.07 Å². The molecule has 0 atom stereocenters. The van der Waals surface area contributed by atoms with Crippen molar-refractivity contribution in [3.05, 3.63) is 29.1 Å². The lowest BCUT2D eigenvalue weighted by atomic mass is 9.86. The second kappa shape index (κ2) is 4.64. The summed E-state index contributed by atoms with van der Waals surface area (Å²) in [6.07, 6.45) is 6.25. The Morgan fingerprint density at radius 2 is 2.00 bits per heavy atom. The Balaban J connectivity index is 2.23. The van der Waals surface area contributed by atoms with Gasteiger partial charge < -0.3 is 5.11 Å². The van der Waals surface area contributed by atoms with E-state index in [-0.39, 0.29) is 0 Å². The van der Waals surface area contributed by atoms with Crippen molar-refractivity contribution in [2.75, 3.05) is 0 Å². The number of rotatable bonds is 2. The van der Waals surface area contributed by atoms with E-state index in [0.717, 1.165) is 5.69 Å². The second-order valence-corrected chi connectivity index (χ2v) is 4.51. The van der Waals surface area contributed by atoms with Gasteiger partial charge in [0.15, 0.2) is 0 Å². The highest BCUT2D eigenvalue weighted by Gasteiger charge is 2.18. The smallest absolute Gasteiger partial charge is 0.337 e. The van der Waals surface area contributed by atoms with Gasteiger partial charge in [0.25, 0.3) is 0 Å². The van der Waals surface area contributed by atoms with Gasteiger partial charge in [-0.3, -0.25) is 4.98 Å². The largest absolute Gasteiger partial charge is 0.478 e. The normalized spacial score (nSPS) is 17.3. The van der Waals surface area contributed by atoms with Crippen LogP contribution in [0.2, 0.25) is 0 Å². The lowest BCUT2D eigenvalue weighted by molar-refractivity contribution is 0.0695. The van der Waals surface area contributed by atoms with E-state index in [0.29, 0.717) is 17.2 Å². The summed E-state index contributed by atoms with van der Waals surface area (Å²) >= 11 is 0. The molecule has 0 radical (unpaired) electrons. The zero-order valence-electron chi connectivity index (χ0n) is 9.57. The molecule has 0 amide bonds. The van der Waals surface area contributed by atoms with Crippen molar-refractivity contribution < 1.29 is 9.90 Å². The van der Waals surface area contributed by atoms with Crippen molar-refractivity contribution in [3.8, 4) is 0 Å². The summed E-state index contributed by atoms with van der Waals surface area (Å²) in [5.74, 6) is -0.351. The summed E-state index contributed by atoms with van der Waals surface area (Å²) in [7, 11) is 0. The average Bonchev–Trinajstić information content (AvgIpc) is 2.29. The number of hydrogen-bond acceptors (Lipinski definition) is 2. The molecule has 16 heavy (non-hydrogen) atoms. The van der Waals surface area contributed by atoms with Crippen molar-refractivity contribution in [1.82, 2.24) is 4.98 Å². The molecule has 0 aromatic carbocycles. The molecular weight excluding hydrogens is 202 g/mol. The SMILES string of the molecule is Cc1nc(C2CCCCC2)ccc1C(=O)O. The third kappa shape index (κ3) is 2.23. The van der Waals surface area contributed by atoms with Gasteiger partial charge in [0, 0.05) is 11.6 Å². The number of carboxylic acids is 1.